The standard InChI is InChI=1S/C25H21N5O3/c31-21-18-12-25(19(27-21)20-26-15-8-3-1-6-13(15)22(32)29(18)20)14-7-2-4-9-16(14)30-23(33)17-10-5-11-28(17)24(25)30/h1-4,6-9,17-19,24H,5,10-12H2,(H,27,31)/t17-,18+,19-,24+,25-/m0/s1. The molecule has 7 heterocycles. The van der Waals surface area contributed by atoms with Crippen molar-refractivity contribution in [2.75, 3.05) is 11.4 Å². The molecule has 0 unspecified atom stereocenters. The highest BCUT2D eigenvalue weighted by molar-refractivity contribution is 6.03. The van der Waals surface area contributed by atoms with Gasteiger partial charge in [-0.2, -0.15) is 0 Å². The molecule has 2 amide bonds. The Kier molecular flexibility index (Phi) is 3.10. The number of hydrogen-bond donors (Lipinski definition) is 1. The van der Waals surface area contributed by atoms with Gasteiger partial charge in [-0.3, -0.25) is 28.8 Å². The zero-order chi connectivity index (χ0) is 22.1. The summed E-state index contributed by atoms with van der Waals surface area (Å²) < 4.78 is 1.61. The SMILES string of the molecule is O=C1N[C@H]2c3nc4ccccc4c(=O)n3[C@@H]1C[C@]21c2ccccc2N2C(=O)[C@@H]3CCCN3[C@H]21. The zero-order valence-electron chi connectivity index (χ0n) is 17.8. The van der Waals surface area contributed by atoms with Crippen LogP contribution < -0.4 is 15.8 Å². The third-order valence-electron chi connectivity index (χ3n) is 8.54. The molecular formula is C25H21N5O3. The van der Waals surface area contributed by atoms with Crippen LogP contribution in [0.25, 0.3) is 10.9 Å². The predicted molar refractivity (Wildman–Crippen MR) is 120 cm³/mol. The molecule has 1 spiro atoms. The first-order valence-electron chi connectivity index (χ1n) is 11.6. The predicted octanol–water partition coefficient (Wildman–Crippen LogP) is 1.60. The van der Waals surface area contributed by atoms with Gasteiger partial charge in [-0.25, -0.2) is 4.98 Å². The number of rotatable bonds is 0. The summed E-state index contributed by atoms with van der Waals surface area (Å²) in [5, 5.41) is 3.75. The van der Waals surface area contributed by atoms with Crippen LogP contribution in [0.15, 0.2) is 53.3 Å². The van der Waals surface area contributed by atoms with Gasteiger partial charge in [0.2, 0.25) is 11.8 Å². The van der Waals surface area contributed by atoms with Crippen molar-refractivity contribution >= 4 is 28.4 Å². The molecule has 33 heavy (non-hydrogen) atoms. The average molecular weight is 439 g/mol. The Balaban J connectivity index is 1.44. The maximum absolute atomic E-state index is 13.5. The van der Waals surface area contributed by atoms with Crippen LogP contribution in [0.2, 0.25) is 0 Å². The Bertz CT molecular complexity index is 1480. The maximum Gasteiger partial charge on any atom is 0.262 e. The molecule has 2 aromatic carbocycles. The van der Waals surface area contributed by atoms with Gasteiger partial charge in [0.15, 0.2) is 0 Å². The van der Waals surface area contributed by atoms with E-state index in [1.54, 1.807) is 10.6 Å². The number of anilines is 1. The largest absolute Gasteiger partial charge is 0.343 e. The highest BCUT2D eigenvalue weighted by Crippen LogP contribution is 2.62. The molecule has 0 radical (unpaired) electrons. The number of benzene rings is 2. The van der Waals surface area contributed by atoms with Crippen LogP contribution in [0.5, 0.6) is 0 Å². The second-order valence-electron chi connectivity index (χ2n) is 9.86. The minimum atomic E-state index is -0.653. The van der Waals surface area contributed by atoms with Crippen molar-refractivity contribution in [1.82, 2.24) is 19.8 Å². The van der Waals surface area contributed by atoms with E-state index < -0.39 is 17.5 Å². The summed E-state index contributed by atoms with van der Waals surface area (Å²) in [5.74, 6) is 0.607. The summed E-state index contributed by atoms with van der Waals surface area (Å²) >= 11 is 0. The summed E-state index contributed by atoms with van der Waals surface area (Å²) in [6.07, 6.45) is 2.15. The fourth-order valence-electron chi connectivity index (χ4n) is 7.36. The number of fused-ring (bicyclic) bond motifs is 7. The fourth-order valence-corrected chi connectivity index (χ4v) is 7.36. The van der Waals surface area contributed by atoms with Gasteiger partial charge in [0.25, 0.3) is 5.56 Å². The molecule has 1 aromatic heterocycles. The van der Waals surface area contributed by atoms with Crippen LogP contribution in [0.4, 0.5) is 5.69 Å². The minimum absolute atomic E-state index is 0.108. The highest BCUT2D eigenvalue weighted by Gasteiger charge is 2.70. The summed E-state index contributed by atoms with van der Waals surface area (Å²) in [6.45, 7) is 0.858. The number of hydrogen-bond acceptors (Lipinski definition) is 5. The van der Waals surface area contributed by atoms with Gasteiger partial charge >= 0.3 is 0 Å². The lowest BCUT2D eigenvalue weighted by Crippen LogP contribution is -2.66. The molecule has 5 atom stereocenters. The van der Waals surface area contributed by atoms with E-state index in [4.69, 9.17) is 4.98 Å². The molecule has 3 aromatic rings. The Labute approximate surface area is 188 Å². The van der Waals surface area contributed by atoms with Gasteiger partial charge < -0.3 is 5.32 Å². The second kappa shape index (κ2) is 5.69. The van der Waals surface area contributed by atoms with Gasteiger partial charge in [0, 0.05) is 12.2 Å². The molecule has 8 nitrogen and oxygen atoms in total. The lowest BCUT2D eigenvalue weighted by atomic mass is 9.64. The van der Waals surface area contributed by atoms with E-state index in [1.807, 2.05) is 41.3 Å². The van der Waals surface area contributed by atoms with E-state index in [2.05, 4.69) is 16.3 Å². The van der Waals surface area contributed by atoms with Crippen LogP contribution in [-0.4, -0.2) is 45.0 Å². The third kappa shape index (κ3) is 1.86. The number of aromatic nitrogens is 2. The summed E-state index contributed by atoms with van der Waals surface area (Å²) in [5.41, 5.74) is 1.91. The molecule has 164 valence electrons. The second-order valence-corrected chi connectivity index (χ2v) is 9.86. The smallest absolute Gasteiger partial charge is 0.262 e. The summed E-state index contributed by atoms with van der Waals surface area (Å²) in [6, 6.07) is 14.1. The Morgan fingerprint density at radius 3 is 2.73 bits per heavy atom. The van der Waals surface area contributed by atoms with Crippen LogP contribution in [0, 0.1) is 0 Å². The molecule has 3 saturated heterocycles. The van der Waals surface area contributed by atoms with Crippen molar-refractivity contribution < 1.29 is 9.59 Å². The number of carbonyl (C=O) groups excluding carboxylic acids is 2. The molecule has 2 bridgehead atoms. The van der Waals surface area contributed by atoms with Crippen molar-refractivity contribution in [2.45, 2.75) is 49.0 Å². The molecule has 0 saturated carbocycles. The number of nitrogens with one attached hydrogen (secondary N) is 1. The number of piperidine rings is 1. The number of nitrogens with zero attached hydrogens (tertiary/aromatic N) is 4. The lowest BCUT2D eigenvalue weighted by Gasteiger charge is -2.53. The van der Waals surface area contributed by atoms with Gasteiger partial charge in [0.1, 0.15) is 24.1 Å². The van der Waals surface area contributed by atoms with Crippen LogP contribution in [-0.2, 0) is 15.0 Å². The van der Waals surface area contributed by atoms with Crippen molar-refractivity contribution in [2.24, 2.45) is 0 Å². The highest BCUT2D eigenvalue weighted by atomic mass is 16.2. The van der Waals surface area contributed by atoms with E-state index in [1.165, 1.54) is 0 Å². The van der Waals surface area contributed by atoms with Crippen molar-refractivity contribution in [3.05, 3.63) is 70.3 Å². The molecule has 6 aliphatic heterocycles. The number of carbonyl (C=O) groups is 2. The first-order chi connectivity index (χ1) is 16.1. The normalized spacial score (nSPS) is 33.4. The van der Waals surface area contributed by atoms with Gasteiger partial charge in [-0.05, 0) is 43.0 Å². The Morgan fingerprint density at radius 1 is 1.00 bits per heavy atom. The molecule has 1 N–H and O–H groups in total. The van der Waals surface area contributed by atoms with E-state index in [0.29, 0.717) is 23.1 Å². The fraction of sp³-hybridized carbons (Fsp3) is 0.360. The first-order valence-corrected chi connectivity index (χ1v) is 11.6. The van der Waals surface area contributed by atoms with Gasteiger partial charge in [0.05, 0.1) is 22.4 Å². The van der Waals surface area contributed by atoms with Crippen molar-refractivity contribution in [3.63, 3.8) is 0 Å². The number of amides is 2. The number of para-hydroxylation sites is 2. The molecule has 8 heteroatoms. The van der Waals surface area contributed by atoms with Crippen LogP contribution in [0.1, 0.15) is 42.7 Å². The topological polar surface area (TPSA) is 87.5 Å². The minimum Gasteiger partial charge on any atom is -0.343 e. The third-order valence-corrected chi connectivity index (χ3v) is 8.54. The quantitative estimate of drug-likeness (QED) is 0.575. The monoisotopic (exact) mass is 439 g/mol. The summed E-state index contributed by atoms with van der Waals surface area (Å²) in [7, 11) is 0. The average Bonchev–Trinajstić information content (AvgIpc) is 3.49. The Hall–Kier alpha value is -3.52. The molecular weight excluding hydrogens is 418 g/mol. The van der Waals surface area contributed by atoms with Gasteiger partial charge in [-0.15, -0.1) is 0 Å². The van der Waals surface area contributed by atoms with Gasteiger partial charge in [-0.1, -0.05) is 30.3 Å². The van der Waals surface area contributed by atoms with E-state index in [-0.39, 0.29) is 29.6 Å². The van der Waals surface area contributed by atoms with E-state index in [0.717, 1.165) is 30.6 Å². The van der Waals surface area contributed by atoms with Crippen LogP contribution in [0.3, 0.4) is 0 Å². The summed E-state index contributed by atoms with van der Waals surface area (Å²) in [4.78, 5) is 49.4. The molecule has 9 rings (SSSR count). The molecule has 0 aliphatic carbocycles. The van der Waals surface area contributed by atoms with E-state index in [9.17, 15) is 14.4 Å². The molecule has 3 fully saturated rings. The van der Waals surface area contributed by atoms with Crippen molar-refractivity contribution in [3.8, 4) is 0 Å². The molecule has 6 aliphatic rings. The Morgan fingerprint density at radius 2 is 1.82 bits per heavy atom. The van der Waals surface area contributed by atoms with E-state index >= 15 is 0 Å². The lowest BCUT2D eigenvalue weighted by molar-refractivity contribution is -0.133. The first kappa shape index (κ1) is 18.0. The van der Waals surface area contributed by atoms with Crippen LogP contribution >= 0.6 is 0 Å². The maximum atomic E-state index is 13.5. The zero-order valence-corrected chi connectivity index (χ0v) is 17.8. The van der Waals surface area contributed by atoms with Crippen molar-refractivity contribution in [1.29, 1.82) is 0 Å².